The Labute approximate surface area is 128 Å². The van der Waals surface area contributed by atoms with E-state index in [1.54, 1.807) is 6.07 Å². The molecule has 0 bridgehead atoms. The molecule has 0 saturated carbocycles. The molecule has 22 heavy (non-hydrogen) atoms. The van der Waals surface area contributed by atoms with Gasteiger partial charge in [0.1, 0.15) is 6.10 Å². The molecule has 0 aromatic heterocycles. The summed E-state index contributed by atoms with van der Waals surface area (Å²) in [6, 6.07) is 7.10. The molecule has 1 aromatic carbocycles. The number of hydrogen-bond acceptors (Lipinski definition) is 4. The zero-order chi connectivity index (χ0) is 17.2. The van der Waals surface area contributed by atoms with Crippen molar-refractivity contribution in [1.29, 1.82) is 0 Å². The average Bonchev–Trinajstić information content (AvgIpc) is 2.41. The molecule has 0 heterocycles. The molecule has 0 aliphatic carbocycles. The summed E-state index contributed by atoms with van der Waals surface area (Å²) < 4.78 is 50.6. The van der Waals surface area contributed by atoms with E-state index in [0.29, 0.717) is 0 Å². The first-order valence-electron chi connectivity index (χ1n) is 6.54. The number of alkyl halides is 3. The van der Waals surface area contributed by atoms with Crippen molar-refractivity contribution in [3.8, 4) is 0 Å². The van der Waals surface area contributed by atoms with Crippen LogP contribution >= 0.6 is 0 Å². The molecule has 0 spiro atoms. The number of benzene rings is 1. The van der Waals surface area contributed by atoms with E-state index in [1.807, 2.05) is 0 Å². The Bertz CT molecular complexity index is 513. The molecular formula is C14H19F3O4Si. The van der Waals surface area contributed by atoms with Crippen LogP contribution in [0.1, 0.15) is 11.7 Å². The zero-order valence-electron chi connectivity index (χ0n) is 12.8. The Balaban J connectivity index is 3.52. The Morgan fingerprint density at radius 3 is 2.05 bits per heavy atom. The van der Waals surface area contributed by atoms with Crippen LogP contribution in [0.3, 0.4) is 0 Å². The summed E-state index contributed by atoms with van der Waals surface area (Å²) in [7, 11) is -2.03. The van der Waals surface area contributed by atoms with Gasteiger partial charge in [-0.15, -0.1) is 0 Å². The minimum absolute atomic E-state index is 0.0801. The third-order valence-corrected chi connectivity index (χ3v) is 3.81. The van der Waals surface area contributed by atoms with Gasteiger partial charge in [-0.25, -0.2) is 4.79 Å². The van der Waals surface area contributed by atoms with Gasteiger partial charge in [0.25, 0.3) is 5.60 Å². The van der Waals surface area contributed by atoms with Crippen molar-refractivity contribution in [3.05, 3.63) is 35.9 Å². The van der Waals surface area contributed by atoms with Gasteiger partial charge in [-0.05, 0) is 25.2 Å². The largest absolute Gasteiger partial charge is 0.467 e. The van der Waals surface area contributed by atoms with Crippen LogP contribution in [0.15, 0.2) is 30.3 Å². The van der Waals surface area contributed by atoms with E-state index in [9.17, 15) is 23.1 Å². The highest BCUT2D eigenvalue weighted by molar-refractivity contribution is 6.70. The number of esters is 1. The zero-order valence-corrected chi connectivity index (χ0v) is 13.8. The summed E-state index contributed by atoms with van der Waals surface area (Å²) >= 11 is 0. The molecular weight excluding hydrogens is 317 g/mol. The van der Waals surface area contributed by atoms with Gasteiger partial charge in [0.2, 0.25) is 0 Å². The van der Waals surface area contributed by atoms with Crippen molar-refractivity contribution in [2.24, 2.45) is 0 Å². The van der Waals surface area contributed by atoms with Crippen LogP contribution < -0.4 is 0 Å². The van der Waals surface area contributed by atoms with Crippen molar-refractivity contribution in [1.82, 2.24) is 0 Å². The second-order valence-corrected chi connectivity index (χ2v) is 10.2. The molecule has 0 radical (unpaired) electrons. The lowest BCUT2D eigenvalue weighted by Gasteiger charge is -2.40. The molecule has 4 nitrogen and oxygen atoms in total. The maximum absolute atomic E-state index is 13.7. The molecule has 1 N–H and O–H groups in total. The lowest BCUT2D eigenvalue weighted by molar-refractivity contribution is -0.281. The lowest BCUT2D eigenvalue weighted by Crippen LogP contribution is -2.62. The number of hydrogen-bond donors (Lipinski definition) is 1. The van der Waals surface area contributed by atoms with Crippen LogP contribution in [0.5, 0.6) is 0 Å². The van der Waals surface area contributed by atoms with Crippen LogP contribution in [0.2, 0.25) is 19.6 Å². The van der Waals surface area contributed by atoms with E-state index in [-0.39, 0.29) is 5.56 Å². The number of aliphatic hydroxyl groups excluding tert-OH is 1. The topological polar surface area (TPSA) is 55.8 Å². The Hall–Kier alpha value is -1.38. The molecule has 1 aromatic rings. The molecule has 0 amide bonds. The predicted octanol–water partition coefficient (Wildman–Crippen LogP) is 3.05. The second-order valence-electron chi connectivity index (χ2n) is 5.75. The highest BCUT2D eigenvalue weighted by Crippen LogP contribution is 2.45. The fourth-order valence-electron chi connectivity index (χ4n) is 2.04. The number of carbonyl (C=O) groups is 1. The fourth-order valence-corrected chi connectivity index (χ4v) is 3.32. The van der Waals surface area contributed by atoms with Crippen molar-refractivity contribution in [3.63, 3.8) is 0 Å². The fraction of sp³-hybridized carbons (Fsp3) is 0.500. The van der Waals surface area contributed by atoms with Crippen LogP contribution in [0.25, 0.3) is 0 Å². The number of ether oxygens (including phenoxy) is 1. The third kappa shape index (κ3) is 3.68. The van der Waals surface area contributed by atoms with Crippen LogP contribution in [0.4, 0.5) is 13.2 Å². The number of methoxy groups -OCH3 is 1. The Morgan fingerprint density at radius 1 is 1.18 bits per heavy atom. The summed E-state index contributed by atoms with van der Waals surface area (Å²) in [6.07, 6.45) is -7.37. The molecule has 0 saturated heterocycles. The standard InChI is InChI=1S/C14H19F3O4Si/c1-20-12(19)13(14(15,16)17,21-22(2,3)4)11(18)10-8-6-5-7-9-10/h5-9,11,18H,1-4H3. The first-order chi connectivity index (χ1) is 9.95. The molecule has 2 unspecified atom stereocenters. The van der Waals surface area contributed by atoms with Gasteiger partial charge >= 0.3 is 12.1 Å². The summed E-state index contributed by atoms with van der Waals surface area (Å²) in [6.45, 7) is 4.48. The predicted molar refractivity (Wildman–Crippen MR) is 76.6 cm³/mol. The van der Waals surface area contributed by atoms with Crippen LogP contribution in [-0.2, 0) is 14.0 Å². The van der Waals surface area contributed by atoms with E-state index < -0.39 is 32.2 Å². The highest BCUT2D eigenvalue weighted by atomic mass is 28.4. The monoisotopic (exact) mass is 336 g/mol. The Kier molecular flexibility index (Phi) is 5.42. The number of rotatable bonds is 5. The van der Waals surface area contributed by atoms with Crippen molar-refractivity contribution < 1.29 is 32.2 Å². The van der Waals surface area contributed by atoms with Gasteiger partial charge in [-0.1, -0.05) is 30.3 Å². The number of carbonyl (C=O) groups excluding carboxylic acids is 1. The van der Waals surface area contributed by atoms with E-state index in [0.717, 1.165) is 7.11 Å². The van der Waals surface area contributed by atoms with Gasteiger partial charge in [0.15, 0.2) is 8.32 Å². The van der Waals surface area contributed by atoms with Gasteiger partial charge in [0, 0.05) is 0 Å². The maximum Gasteiger partial charge on any atom is 0.430 e. The summed E-state index contributed by atoms with van der Waals surface area (Å²) in [4.78, 5) is 12.0. The van der Waals surface area contributed by atoms with Gasteiger partial charge in [0.05, 0.1) is 7.11 Å². The molecule has 124 valence electrons. The molecule has 8 heteroatoms. The summed E-state index contributed by atoms with van der Waals surface area (Å²) in [5.74, 6) is -1.67. The first kappa shape index (κ1) is 18.7. The molecule has 1 rings (SSSR count). The van der Waals surface area contributed by atoms with E-state index in [4.69, 9.17) is 4.43 Å². The second kappa shape index (κ2) is 6.39. The summed E-state index contributed by atoms with van der Waals surface area (Å²) in [5.41, 5.74) is -3.53. The van der Waals surface area contributed by atoms with Gasteiger partial charge < -0.3 is 14.3 Å². The summed E-state index contributed by atoms with van der Waals surface area (Å²) in [5, 5.41) is 10.3. The highest BCUT2D eigenvalue weighted by Gasteiger charge is 2.68. The molecule has 0 fully saturated rings. The normalized spacial score (nSPS) is 16.7. The lowest BCUT2D eigenvalue weighted by atomic mass is 9.90. The van der Waals surface area contributed by atoms with E-state index in [2.05, 4.69) is 4.74 Å². The smallest absolute Gasteiger partial charge is 0.430 e. The molecule has 2 atom stereocenters. The van der Waals surface area contributed by atoms with Crippen molar-refractivity contribution >= 4 is 14.3 Å². The maximum atomic E-state index is 13.7. The molecule has 0 aliphatic heterocycles. The number of aliphatic hydroxyl groups is 1. The van der Waals surface area contributed by atoms with Gasteiger partial charge in [-0.3, -0.25) is 0 Å². The third-order valence-electron chi connectivity index (χ3n) is 2.88. The van der Waals surface area contributed by atoms with Crippen molar-refractivity contribution in [2.45, 2.75) is 37.5 Å². The van der Waals surface area contributed by atoms with Crippen LogP contribution in [-0.4, -0.2) is 38.3 Å². The van der Waals surface area contributed by atoms with Crippen LogP contribution in [0, 0.1) is 0 Å². The average molecular weight is 336 g/mol. The van der Waals surface area contributed by atoms with E-state index in [1.165, 1.54) is 43.9 Å². The number of halogens is 3. The van der Waals surface area contributed by atoms with E-state index >= 15 is 0 Å². The first-order valence-corrected chi connectivity index (χ1v) is 9.95. The van der Waals surface area contributed by atoms with Gasteiger partial charge in [-0.2, -0.15) is 13.2 Å². The molecule has 0 aliphatic rings. The SMILES string of the molecule is COC(=O)C(O[Si](C)(C)C)(C(O)c1ccccc1)C(F)(F)F. The minimum atomic E-state index is -5.14. The minimum Gasteiger partial charge on any atom is -0.467 e. The Morgan fingerprint density at radius 2 is 1.68 bits per heavy atom. The van der Waals surface area contributed by atoms with Crippen molar-refractivity contribution in [2.75, 3.05) is 7.11 Å². The quantitative estimate of drug-likeness (QED) is 0.663.